The van der Waals surface area contributed by atoms with Gasteiger partial charge in [-0.15, -0.1) is 0 Å². The van der Waals surface area contributed by atoms with Gasteiger partial charge in [0.05, 0.1) is 32.8 Å². The molecular weight excluding hydrogens is 478 g/mol. The Balaban J connectivity index is 1.70. The third-order valence-corrected chi connectivity index (χ3v) is 7.94. The van der Waals surface area contributed by atoms with Crippen molar-refractivity contribution in [1.29, 1.82) is 0 Å². The standard InChI is InChI=1S/C35H21N3O/c1-2-12-22(13-3-1)37-26-17-7-5-15-24(26)31-33(37)30-23-14-4-8-18-27(23)38(29-20-10-11-21-36-29)34(30)32-25-16-6-9-19-28(25)39-35(31)32/h1-21H. The Kier molecular flexibility index (Phi) is 4.02. The number of benzene rings is 5. The second kappa shape index (κ2) is 7.59. The van der Waals surface area contributed by atoms with Gasteiger partial charge < -0.3 is 8.98 Å². The zero-order valence-corrected chi connectivity index (χ0v) is 20.9. The minimum absolute atomic E-state index is 0.885. The van der Waals surface area contributed by atoms with Crippen molar-refractivity contribution in [3.05, 3.63) is 128 Å². The largest absolute Gasteiger partial charge is 0.455 e. The van der Waals surface area contributed by atoms with Crippen molar-refractivity contribution in [1.82, 2.24) is 14.1 Å². The molecule has 9 aromatic rings. The van der Waals surface area contributed by atoms with E-state index in [1.54, 1.807) is 0 Å². The van der Waals surface area contributed by atoms with Gasteiger partial charge in [0.15, 0.2) is 0 Å². The van der Waals surface area contributed by atoms with Crippen LogP contribution < -0.4 is 0 Å². The number of furan rings is 1. The normalized spacial score (nSPS) is 12.1. The first kappa shape index (κ1) is 20.7. The number of para-hydroxylation sites is 4. The van der Waals surface area contributed by atoms with Crippen molar-refractivity contribution in [2.45, 2.75) is 0 Å². The van der Waals surface area contributed by atoms with Crippen molar-refractivity contribution in [3.63, 3.8) is 0 Å². The summed E-state index contributed by atoms with van der Waals surface area (Å²) in [5.41, 5.74) is 7.45. The summed E-state index contributed by atoms with van der Waals surface area (Å²) >= 11 is 0. The van der Waals surface area contributed by atoms with E-state index in [9.17, 15) is 0 Å². The van der Waals surface area contributed by atoms with Crippen LogP contribution in [0.15, 0.2) is 132 Å². The molecule has 0 unspecified atom stereocenters. The van der Waals surface area contributed by atoms with E-state index < -0.39 is 0 Å². The van der Waals surface area contributed by atoms with Gasteiger partial charge in [-0.2, -0.15) is 0 Å². The first-order valence-corrected chi connectivity index (χ1v) is 13.2. The third-order valence-electron chi connectivity index (χ3n) is 7.94. The van der Waals surface area contributed by atoms with E-state index in [0.29, 0.717) is 0 Å². The first-order valence-electron chi connectivity index (χ1n) is 13.2. The van der Waals surface area contributed by atoms with E-state index in [2.05, 4.69) is 112 Å². The van der Waals surface area contributed by atoms with Gasteiger partial charge in [-0.05, 0) is 42.5 Å². The van der Waals surface area contributed by atoms with Crippen molar-refractivity contribution >= 4 is 65.6 Å². The Morgan fingerprint density at radius 2 is 1.08 bits per heavy atom. The van der Waals surface area contributed by atoms with E-state index in [4.69, 9.17) is 9.40 Å². The lowest BCUT2D eigenvalue weighted by Gasteiger charge is -2.10. The summed E-state index contributed by atoms with van der Waals surface area (Å²) in [5.74, 6) is 0.886. The average molecular weight is 500 g/mol. The monoisotopic (exact) mass is 499 g/mol. The van der Waals surface area contributed by atoms with Gasteiger partial charge in [0.2, 0.25) is 0 Å². The molecule has 0 fully saturated rings. The molecule has 9 rings (SSSR count). The molecule has 0 aliphatic rings. The first-order chi connectivity index (χ1) is 19.4. The molecule has 0 saturated carbocycles. The van der Waals surface area contributed by atoms with Gasteiger partial charge in [0.25, 0.3) is 0 Å². The van der Waals surface area contributed by atoms with Gasteiger partial charge in [0, 0.05) is 33.4 Å². The Morgan fingerprint density at radius 1 is 0.487 bits per heavy atom. The second-order valence-corrected chi connectivity index (χ2v) is 9.98. The predicted octanol–water partition coefficient (Wildman–Crippen LogP) is 9.18. The Labute approximate surface area is 222 Å². The van der Waals surface area contributed by atoms with Crippen LogP contribution in [-0.2, 0) is 0 Å². The maximum absolute atomic E-state index is 6.77. The van der Waals surface area contributed by atoms with E-state index in [0.717, 1.165) is 60.9 Å². The highest BCUT2D eigenvalue weighted by Crippen LogP contribution is 2.49. The van der Waals surface area contributed by atoms with E-state index >= 15 is 0 Å². The summed E-state index contributed by atoms with van der Waals surface area (Å²) in [5, 5.41) is 6.93. The molecule has 0 bridgehead atoms. The van der Waals surface area contributed by atoms with Gasteiger partial charge in [-0.3, -0.25) is 4.57 Å². The maximum Gasteiger partial charge on any atom is 0.147 e. The molecule has 39 heavy (non-hydrogen) atoms. The lowest BCUT2D eigenvalue weighted by molar-refractivity contribution is 0.673. The summed E-state index contributed by atoms with van der Waals surface area (Å²) in [6.45, 7) is 0. The molecule has 182 valence electrons. The predicted molar refractivity (Wildman–Crippen MR) is 160 cm³/mol. The number of nitrogens with zero attached hydrogens (tertiary/aromatic N) is 3. The summed E-state index contributed by atoms with van der Waals surface area (Å²) in [6.07, 6.45) is 1.86. The molecule has 0 radical (unpaired) electrons. The topological polar surface area (TPSA) is 35.9 Å². The quantitative estimate of drug-likeness (QED) is 0.238. The lowest BCUT2D eigenvalue weighted by atomic mass is 10.0. The van der Waals surface area contributed by atoms with Gasteiger partial charge in [-0.25, -0.2) is 4.98 Å². The highest BCUT2D eigenvalue weighted by atomic mass is 16.3. The van der Waals surface area contributed by atoms with Crippen molar-refractivity contribution in [2.75, 3.05) is 0 Å². The van der Waals surface area contributed by atoms with Gasteiger partial charge >= 0.3 is 0 Å². The van der Waals surface area contributed by atoms with Crippen molar-refractivity contribution < 1.29 is 4.42 Å². The van der Waals surface area contributed by atoms with Crippen LogP contribution in [0.5, 0.6) is 0 Å². The lowest BCUT2D eigenvalue weighted by Crippen LogP contribution is -1.97. The SMILES string of the molecule is c1ccc(-n2c3ccccc3c3c4oc5ccccc5c4c4c(c5ccccc5n4-c4ccccn4)c32)cc1. The molecule has 4 aromatic heterocycles. The zero-order chi connectivity index (χ0) is 25.5. The summed E-state index contributed by atoms with van der Waals surface area (Å²) < 4.78 is 11.5. The van der Waals surface area contributed by atoms with Crippen molar-refractivity contribution in [2.24, 2.45) is 0 Å². The maximum atomic E-state index is 6.77. The van der Waals surface area contributed by atoms with E-state index in [1.165, 1.54) is 16.2 Å². The molecule has 0 aliphatic carbocycles. The van der Waals surface area contributed by atoms with Crippen LogP contribution in [0.4, 0.5) is 0 Å². The van der Waals surface area contributed by atoms with Crippen LogP contribution in [0, 0.1) is 0 Å². The number of hydrogen-bond donors (Lipinski definition) is 0. The number of rotatable bonds is 2. The fourth-order valence-electron chi connectivity index (χ4n) is 6.45. The number of fused-ring (bicyclic) bond motifs is 12. The zero-order valence-electron chi connectivity index (χ0n) is 20.9. The average Bonchev–Trinajstić information content (AvgIpc) is 3.66. The smallest absolute Gasteiger partial charge is 0.147 e. The number of hydrogen-bond acceptors (Lipinski definition) is 2. The van der Waals surface area contributed by atoms with E-state index in [1.807, 2.05) is 24.4 Å². The number of pyridine rings is 1. The molecule has 4 heteroatoms. The molecule has 5 aromatic carbocycles. The highest BCUT2D eigenvalue weighted by molar-refractivity contribution is 6.39. The van der Waals surface area contributed by atoms with E-state index in [-0.39, 0.29) is 0 Å². The fourth-order valence-corrected chi connectivity index (χ4v) is 6.45. The molecule has 0 saturated heterocycles. The molecule has 0 amide bonds. The Morgan fingerprint density at radius 3 is 1.85 bits per heavy atom. The minimum atomic E-state index is 0.885. The molecule has 0 spiro atoms. The molecular formula is C35H21N3O. The molecule has 0 N–H and O–H groups in total. The van der Waals surface area contributed by atoms with Crippen LogP contribution in [0.2, 0.25) is 0 Å². The molecule has 0 aliphatic heterocycles. The molecule has 4 heterocycles. The van der Waals surface area contributed by atoms with Gasteiger partial charge in [-0.1, -0.05) is 78.9 Å². The Bertz CT molecular complexity index is 2300. The number of aromatic nitrogens is 3. The molecule has 0 atom stereocenters. The minimum Gasteiger partial charge on any atom is -0.455 e. The summed E-state index contributed by atoms with van der Waals surface area (Å²) in [4.78, 5) is 4.82. The van der Waals surface area contributed by atoms with Crippen LogP contribution in [0.25, 0.3) is 77.1 Å². The van der Waals surface area contributed by atoms with Crippen LogP contribution >= 0.6 is 0 Å². The fraction of sp³-hybridized carbons (Fsp3) is 0. The van der Waals surface area contributed by atoms with Crippen LogP contribution in [-0.4, -0.2) is 14.1 Å². The van der Waals surface area contributed by atoms with Crippen molar-refractivity contribution in [3.8, 4) is 11.5 Å². The Hall–Kier alpha value is -5.35. The highest BCUT2D eigenvalue weighted by Gasteiger charge is 2.27. The second-order valence-electron chi connectivity index (χ2n) is 9.98. The van der Waals surface area contributed by atoms with Crippen LogP contribution in [0.1, 0.15) is 0 Å². The van der Waals surface area contributed by atoms with Gasteiger partial charge in [0.1, 0.15) is 17.0 Å². The summed E-state index contributed by atoms with van der Waals surface area (Å²) in [7, 11) is 0. The molecule has 4 nitrogen and oxygen atoms in total. The third kappa shape index (κ3) is 2.65. The summed E-state index contributed by atoms with van der Waals surface area (Å²) in [6, 6.07) is 42.4. The van der Waals surface area contributed by atoms with Crippen LogP contribution in [0.3, 0.4) is 0 Å².